The number of fused-ring (bicyclic) bond motifs is 2. The van der Waals surface area contributed by atoms with E-state index in [9.17, 15) is 29.7 Å². The van der Waals surface area contributed by atoms with Crippen molar-refractivity contribution in [2.75, 3.05) is 27.1 Å². The summed E-state index contributed by atoms with van der Waals surface area (Å²) in [5.41, 5.74) is -2.94. The molecule has 0 spiro atoms. The number of hydrogen-bond donors (Lipinski definition) is 2. The third-order valence-electron chi connectivity index (χ3n) is 9.68. The number of hydrogen-bond acceptors (Lipinski definition) is 10. The van der Waals surface area contributed by atoms with E-state index in [1.807, 2.05) is 6.92 Å². The van der Waals surface area contributed by atoms with Crippen LogP contribution in [0.1, 0.15) is 80.0 Å². The van der Waals surface area contributed by atoms with E-state index in [0.717, 1.165) is 19.3 Å². The second kappa shape index (κ2) is 15.5. The standard InChI is InChI=1S/C37H40O12.Na/c1-3-15-45-25-11-13-28-27(17-25)34(26-12-10-24(44-2)18-30(26)46-20-33(40)41)37(35(42)43,49-23-7-5-4-6-8-23)36(28,19-32(38)39)22-9-14-29-31(16-22)48-21-47-29;/h9-14,16-18,23,34H,3-8,15,19-21H2,1-2H3,(H,38,39)(H,40,41)(H,42,43);/q;+1/p-1. The molecule has 1 saturated carbocycles. The van der Waals surface area contributed by atoms with Gasteiger partial charge in [0.05, 0.1) is 37.6 Å². The first-order valence-corrected chi connectivity index (χ1v) is 16.5. The van der Waals surface area contributed by atoms with Crippen molar-refractivity contribution in [3.8, 4) is 28.7 Å². The predicted octanol–water partition coefficient (Wildman–Crippen LogP) is 1.42. The third kappa shape index (κ3) is 6.61. The van der Waals surface area contributed by atoms with E-state index >= 15 is 0 Å². The van der Waals surface area contributed by atoms with Crippen LogP contribution in [0.3, 0.4) is 0 Å². The molecule has 1 aliphatic heterocycles. The summed E-state index contributed by atoms with van der Waals surface area (Å²) in [5, 5.41) is 34.6. The maximum absolute atomic E-state index is 14.3. The van der Waals surface area contributed by atoms with Gasteiger partial charge in [0.15, 0.2) is 18.1 Å². The minimum atomic E-state index is -2.40. The fourth-order valence-corrected chi connectivity index (χ4v) is 7.72. The Labute approximate surface area is 311 Å². The van der Waals surface area contributed by atoms with Crippen molar-refractivity contribution in [2.45, 2.75) is 74.9 Å². The van der Waals surface area contributed by atoms with Gasteiger partial charge in [0.1, 0.15) is 22.8 Å². The Morgan fingerprint density at radius 3 is 2.30 bits per heavy atom. The van der Waals surface area contributed by atoms with Gasteiger partial charge < -0.3 is 48.5 Å². The minimum absolute atomic E-state index is 0. The predicted molar refractivity (Wildman–Crippen MR) is 171 cm³/mol. The molecule has 13 heteroatoms. The summed E-state index contributed by atoms with van der Waals surface area (Å²) >= 11 is 0. The summed E-state index contributed by atoms with van der Waals surface area (Å²) in [4.78, 5) is 39.2. The maximum Gasteiger partial charge on any atom is 1.00 e. The number of benzene rings is 3. The molecule has 50 heavy (non-hydrogen) atoms. The van der Waals surface area contributed by atoms with Crippen molar-refractivity contribution in [2.24, 2.45) is 0 Å². The van der Waals surface area contributed by atoms with Gasteiger partial charge in [0.25, 0.3) is 0 Å². The summed E-state index contributed by atoms with van der Waals surface area (Å²) < 4.78 is 35.5. The van der Waals surface area contributed by atoms with E-state index in [4.69, 9.17) is 28.4 Å². The number of carboxylic acids is 3. The molecule has 2 N–H and O–H groups in total. The number of carbonyl (C=O) groups is 3. The molecule has 3 atom stereocenters. The smallest absolute Gasteiger partial charge is 0.547 e. The molecule has 6 rings (SSSR count). The number of carbonyl (C=O) groups excluding carboxylic acids is 1. The van der Waals surface area contributed by atoms with Gasteiger partial charge in [-0.15, -0.1) is 0 Å². The van der Waals surface area contributed by atoms with Crippen molar-refractivity contribution in [1.29, 1.82) is 0 Å². The molecule has 3 aliphatic rings. The molecular weight excluding hydrogens is 659 g/mol. The van der Waals surface area contributed by atoms with Crippen LogP contribution in [0.4, 0.5) is 0 Å². The van der Waals surface area contributed by atoms with Gasteiger partial charge in [-0.1, -0.05) is 44.4 Å². The van der Waals surface area contributed by atoms with E-state index in [1.54, 1.807) is 48.5 Å². The molecule has 0 bridgehead atoms. The van der Waals surface area contributed by atoms with Crippen LogP contribution < -0.4 is 58.3 Å². The topological polar surface area (TPSA) is 170 Å². The van der Waals surface area contributed by atoms with E-state index in [1.165, 1.54) is 13.2 Å². The number of rotatable bonds is 14. The van der Waals surface area contributed by atoms with E-state index < -0.39 is 54.0 Å². The number of carboxylic acid groups (broad SMARTS) is 3. The second-order valence-electron chi connectivity index (χ2n) is 12.6. The van der Waals surface area contributed by atoms with Gasteiger partial charge in [0, 0.05) is 17.5 Å². The first-order valence-electron chi connectivity index (χ1n) is 16.5. The average Bonchev–Trinajstić information content (AvgIpc) is 3.65. The van der Waals surface area contributed by atoms with Crippen LogP contribution in [-0.2, 0) is 24.5 Å². The van der Waals surface area contributed by atoms with Crippen molar-refractivity contribution < 1.29 is 87.7 Å². The molecule has 3 unspecified atom stereocenters. The summed E-state index contributed by atoms with van der Waals surface area (Å²) in [6.07, 6.45) is 3.11. The number of methoxy groups -OCH3 is 1. The fourth-order valence-electron chi connectivity index (χ4n) is 7.72. The molecule has 12 nitrogen and oxygen atoms in total. The van der Waals surface area contributed by atoms with Crippen LogP contribution in [0, 0.1) is 0 Å². The first kappa shape index (κ1) is 37.3. The summed E-state index contributed by atoms with van der Waals surface area (Å²) in [7, 11) is 1.44. The van der Waals surface area contributed by atoms with Gasteiger partial charge in [-0.05, 0) is 66.3 Å². The Morgan fingerprint density at radius 2 is 1.62 bits per heavy atom. The quantitative estimate of drug-likeness (QED) is 0.233. The van der Waals surface area contributed by atoms with Crippen LogP contribution in [0.5, 0.6) is 28.7 Å². The van der Waals surface area contributed by atoms with Crippen molar-refractivity contribution in [3.63, 3.8) is 0 Å². The first-order chi connectivity index (χ1) is 23.6. The van der Waals surface area contributed by atoms with E-state index in [-0.39, 0.29) is 47.7 Å². The second-order valence-corrected chi connectivity index (χ2v) is 12.6. The van der Waals surface area contributed by atoms with Gasteiger partial charge >= 0.3 is 41.5 Å². The molecule has 0 radical (unpaired) electrons. The largest absolute Gasteiger partial charge is 1.00 e. The molecule has 0 saturated heterocycles. The Morgan fingerprint density at radius 1 is 0.880 bits per heavy atom. The van der Waals surface area contributed by atoms with Crippen LogP contribution in [-0.4, -0.2) is 66.9 Å². The van der Waals surface area contributed by atoms with E-state index in [2.05, 4.69) is 0 Å². The van der Waals surface area contributed by atoms with Crippen molar-refractivity contribution in [1.82, 2.24) is 0 Å². The zero-order valence-electron chi connectivity index (χ0n) is 28.4. The molecule has 3 aromatic carbocycles. The minimum Gasteiger partial charge on any atom is -0.547 e. The summed E-state index contributed by atoms with van der Waals surface area (Å²) in [6.45, 7) is 1.55. The zero-order valence-corrected chi connectivity index (χ0v) is 30.4. The van der Waals surface area contributed by atoms with Crippen molar-refractivity contribution >= 4 is 17.9 Å². The maximum atomic E-state index is 14.3. The molecule has 2 aliphatic carbocycles. The molecule has 0 amide bonds. The van der Waals surface area contributed by atoms with Gasteiger partial charge in [-0.2, -0.15) is 0 Å². The van der Waals surface area contributed by atoms with Crippen LogP contribution >= 0.6 is 0 Å². The van der Waals surface area contributed by atoms with Crippen LogP contribution in [0.25, 0.3) is 0 Å². The molecule has 0 aromatic heterocycles. The Balaban J connectivity index is 0.00000486. The van der Waals surface area contributed by atoms with E-state index in [0.29, 0.717) is 65.6 Å². The van der Waals surface area contributed by atoms with Gasteiger partial charge in [0.2, 0.25) is 6.79 Å². The molecule has 260 valence electrons. The monoisotopic (exact) mass is 698 g/mol. The Bertz CT molecular complexity index is 1740. The zero-order chi connectivity index (χ0) is 34.8. The summed E-state index contributed by atoms with van der Waals surface area (Å²) in [6, 6.07) is 14.7. The molecule has 1 heterocycles. The molecule has 1 fully saturated rings. The van der Waals surface area contributed by atoms with Crippen LogP contribution in [0.2, 0.25) is 0 Å². The SMILES string of the molecule is CCCOc1ccc2c(c1)C(c1ccc(OC)cc1OCC(=O)O)C(OC1CCCCC1)(C(=O)[O-])C2(CC(=O)O)c1ccc2c(c1)OCO2.[Na+]. The molecular formula is C37H39NaO12. The molecule has 3 aromatic rings. The summed E-state index contributed by atoms with van der Waals surface area (Å²) in [5.74, 6) is -3.85. The number of aliphatic carboxylic acids is 3. The average molecular weight is 699 g/mol. The van der Waals surface area contributed by atoms with Gasteiger partial charge in [-0.25, -0.2) is 4.79 Å². The Hall–Kier alpha value is -3.97. The fraction of sp³-hybridized carbons (Fsp3) is 0.432. The van der Waals surface area contributed by atoms with Gasteiger partial charge in [-0.3, -0.25) is 4.79 Å². The number of ether oxygens (including phenoxy) is 6. The normalized spacial score (nSPS) is 22.2. The third-order valence-corrected chi connectivity index (χ3v) is 9.68. The Kier molecular flexibility index (Phi) is 11.6. The van der Waals surface area contributed by atoms with Crippen molar-refractivity contribution in [3.05, 3.63) is 76.9 Å². The van der Waals surface area contributed by atoms with Crippen LogP contribution in [0.15, 0.2) is 54.6 Å².